The van der Waals surface area contributed by atoms with Crippen molar-refractivity contribution >= 4 is 0 Å². The van der Waals surface area contributed by atoms with Crippen LogP contribution in [0.4, 0.5) is 0 Å². The van der Waals surface area contributed by atoms with Crippen LogP contribution in [-0.2, 0) is 0 Å². The Morgan fingerprint density at radius 1 is 0.500 bits per heavy atom. The van der Waals surface area contributed by atoms with E-state index < -0.39 is 0 Å². The maximum atomic E-state index is 2.26. The molecule has 1 heteroatoms. The van der Waals surface area contributed by atoms with Gasteiger partial charge in [-0.3, -0.25) is 0 Å². The topological polar surface area (TPSA) is 0 Å². The fourth-order valence-electron chi connectivity index (χ4n) is 2.18. The maximum absolute atomic E-state index is 2.26. The minimum atomic E-state index is -0.0964. The summed E-state index contributed by atoms with van der Waals surface area (Å²) in [5.41, 5.74) is 2.85. The van der Waals surface area contributed by atoms with E-state index in [9.17, 15) is 0 Å². The molecule has 0 fully saturated rings. The molecule has 0 bridgehead atoms. The van der Waals surface area contributed by atoms with Crippen molar-refractivity contribution in [3.8, 4) is 0 Å². The Hall–Kier alpha value is -1.61. The van der Waals surface area contributed by atoms with Crippen molar-refractivity contribution in [1.82, 2.24) is 0 Å². The zero-order valence-electron chi connectivity index (χ0n) is 11.1. The van der Waals surface area contributed by atoms with Crippen molar-refractivity contribution in [3.63, 3.8) is 0 Å². The van der Waals surface area contributed by atoms with Crippen LogP contribution in [0, 0.1) is 3.57 Å². The summed E-state index contributed by atoms with van der Waals surface area (Å²) in [6, 6.07) is 32.6. The van der Waals surface area contributed by atoms with Crippen molar-refractivity contribution in [2.45, 2.75) is 3.92 Å². The van der Waals surface area contributed by atoms with Gasteiger partial charge in [0.2, 0.25) is 0 Å². The van der Waals surface area contributed by atoms with E-state index in [0.29, 0.717) is 3.92 Å². The van der Waals surface area contributed by atoms with Gasteiger partial charge in [0.25, 0.3) is 0 Å². The van der Waals surface area contributed by atoms with E-state index in [1.165, 1.54) is 14.7 Å². The Bertz CT molecular complexity index is 593. The molecule has 0 N–H and O–H groups in total. The van der Waals surface area contributed by atoms with Crippen molar-refractivity contribution in [3.05, 3.63) is 106 Å². The van der Waals surface area contributed by atoms with Gasteiger partial charge < -0.3 is 0 Å². The molecule has 0 aromatic heterocycles. The summed E-state index contributed by atoms with van der Waals surface area (Å²) in [6.45, 7) is 0. The van der Waals surface area contributed by atoms with Crippen LogP contribution in [0.3, 0.4) is 0 Å². The zero-order chi connectivity index (χ0) is 13.6. The molecule has 3 rings (SSSR count). The van der Waals surface area contributed by atoms with Crippen molar-refractivity contribution in [2.75, 3.05) is 0 Å². The van der Waals surface area contributed by atoms with E-state index in [2.05, 4.69) is 91.0 Å². The molecule has 3 aromatic carbocycles. The average molecular weight is 371 g/mol. The minimum absolute atomic E-state index is 0.0964. The molecule has 0 radical (unpaired) electrons. The van der Waals surface area contributed by atoms with Gasteiger partial charge in [0.1, 0.15) is 0 Å². The number of halogens is 1. The summed E-state index contributed by atoms with van der Waals surface area (Å²) in [6.07, 6.45) is 0. The molecule has 0 heterocycles. The fraction of sp³-hybridized carbons (Fsp3) is 0.0526. The van der Waals surface area contributed by atoms with E-state index in [0.717, 1.165) is 0 Å². The molecule has 100 valence electrons. The third kappa shape index (κ3) is 3.28. The van der Waals surface area contributed by atoms with Gasteiger partial charge in [-0.2, -0.15) is 0 Å². The van der Waals surface area contributed by atoms with Crippen molar-refractivity contribution in [1.29, 1.82) is 0 Å². The van der Waals surface area contributed by atoms with Crippen LogP contribution in [0.15, 0.2) is 91.0 Å². The van der Waals surface area contributed by atoms with E-state index in [-0.39, 0.29) is 21.2 Å². The first-order valence-corrected chi connectivity index (χ1v) is 9.04. The molecule has 0 nitrogen and oxygen atoms in total. The third-order valence-corrected chi connectivity index (χ3v) is 6.65. The first-order chi connectivity index (χ1) is 9.93. The monoisotopic (exact) mass is 371 g/mol. The number of rotatable bonds is 4. The van der Waals surface area contributed by atoms with E-state index >= 15 is 0 Å². The molecule has 0 amide bonds. The molecule has 0 saturated carbocycles. The summed E-state index contributed by atoms with van der Waals surface area (Å²) < 4.78 is 2.02. The summed E-state index contributed by atoms with van der Waals surface area (Å²) in [4.78, 5) is 0. The molecule has 3 aromatic rings. The standard InChI is InChI=1S/C19H16I/c1-4-10-16(11-5-1)19(17-12-6-2-7-13-17)20-18-14-8-3-9-15-18/h1-15,19H/q-1. The Morgan fingerprint density at radius 3 is 1.35 bits per heavy atom. The second-order valence-electron chi connectivity index (χ2n) is 4.59. The predicted octanol–water partition coefficient (Wildman–Crippen LogP) is 1.73. The molecular formula is C19H16I-. The molecule has 0 aliphatic heterocycles. The quantitative estimate of drug-likeness (QED) is 0.484. The summed E-state index contributed by atoms with van der Waals surface area (Å²) in [5.74, 6) is 0. The van der Waals surface area contributed by atoms with Gasteiger partial charge in [0.15, 0.2) is 0 Å². The number of hydrogen-bond acceptors (Lipinski definition) is 0. The normalized spacial score (nSPS) is 10.8. The Labute approximate surface area is 130 Å². The number of benzene rings is 3. The fourth-order valence-corrected chi connectivity index (χ4v) is 5.28. The summed E-state index contributed by atoms with van der Waals surface area (Å²) >= 11 is -0.0964. The molecule has 0 unspecified atom stereocenters. The van der Waals surface area contributed by atoms with Crippen LogP contribution in [0.2, 0.25) is 0 Å². The molecule has 0 saturated heterocycles. The second kappa shape index (κ2) is 6.71. The van der Waals surface area contributed by atoms with Gasteiger partial charge in [-0.15, -0.1) is 0 Å². The third-order valence-electron chi connectivity index (χ3n) is 3.15. The summed E-state index contributed by atoms with van der Waals surface area (Å²) in [7, 11) is 0. The average Bonchev–Trinajstić information content (AvgIpc) is 2.55. The Balaban J connectivity index is 1.96. The molecule has 0 aliphatic carbocycles. The second-order valence-corrected chi connectivity index (χ2v) is 7.70. The van der Waals surface area contributed by atoms with Gasteiger partial charge in [0.05, 0.1) is 0 Å². The van der Waals surface area contributed by atoms with Gasteiger partial charge in [-0.25, -0.2) is 0 Å². The SMILES string of the molecule is c1ccc([I-]C(c2ccccc2)c2ccccc2)cc1. The Kier molecular flexibility index (Phi) is 4.49. The van der Waals surface area contributed by atoms with E-state index in [1.54, 1.807) is 0 Å². The van der Waals surface area contributed by atoms with Gasteiger partial charge in [-0.1, -0.05) is 0 Å². The van der Waals surface area contributed by atoms with Crippen LogP contribution in [0.25, 0.3) is 0 Å². The van der Waals surface area contributed by atoms with E-state index in [4.69, 9.17) is 0 Å². The molecule has 20 heavy (non-hydrogen) atoms. The summed E-state index contributed by atoms with van der Waals surface area (Å²) in [5, 5.41) is 0. The van der Waals surface area contributed by atoms with Crippen LogP contribution >= 0.6 is 0 Å². The number of hydrogen-bond donors (Lipinski definition) is 0. The molecular weight excluding hydrogens is 355 g/mol. The van der Waals surface area contributed by atoms with Crippen molar-refractivity contribution < 1.29 is 21.2 Å². The first kappa shape index (κ1) is 13.4. The van der Waals surface area contributed by atoms with E-state index in [1.807, 2.05) is 0 Å². The van der Waals surface area contributed by atoms with Gasteiger partial charge in [0, 0.05) is 0 Å². The van der Waals surface area contributed by atoms with Gasteiger partial charge in [-0.05, 0) is 0 Å². The van der Waals surface area contributed by atoms with Crippen LogP contribution < -0.4 is 21.2 Å². The van der Waals surface area contributed by atoms with Gasteiger partial charge >= 0.3 is 131 Å². The van der Waals surface area contributed by atoms with Crippen LogP contribution in [0.5, 0.6) is 0 Å². The zero-order valence-corrected chi connectivity index (χ0v) is 13.3. The predicted molar refractivity (Wildman–Crippen MR) is 79.9 cm³/mol. The molecule has 0 aliphatic rings. The van der Waals surface area contributed by atoms with Crippen LogP contribution in [-0.4, -0.2) is 0 Å². The first-order valence-electron chi connectivity index (χ1n) is 6.72. The van der Waals surface area contributed by atoms with Crippen molar-refractivity contribution in [2.24, 2.45) is 0 Å². The number of alkyl halides is 1. The molecule has 0 spiro atoms. The van der Waals surface area contributed by atoms with Crippen LogP contribution in [0.1, 0.15) is 15.1 Å². The molecule has 0 atom stereocenters. The Morgan fingerprint density at radius 2 is 0.900 bits per heavy atom.